The van der Waals surface area contributed by atoms with Crippen molar-refractivity contribution in [3.63, 3.8) is 0 Å². The van der Waals surface area contributed by atoms with Crippen molar-refractivity contribution in [2.75, 3.05) is 38.1 Å². The van der Waals surface area contributed by atoms with E-state index in [9.17, 15) is 9.90 Å². The number of primary amides is 1. The average molecular weight is 292 g/mol. The summed E-state index contributed by atoms with van der Waals surface area (Å²) in [5.41, 5.74) is 5.74. The topological polar surface area (TPSA) is 91.5 Å². The summed E-state index contributed by atoms with van der Waals surface area (Å²) in [4.78, 5) is 17.8. The zero-order valence-electron chi connectivity index (χ0n) is 12.3. The number of pyridine rings is 1. The van der Waals surface area contributed by atoms with Crippen LogP contribution in [-0.2, 0) is 0 Å². The minimum Gasteiger partial charge on any atom is -0.396 e. The van der Waals surface area contributed by atoms with Crippen LogP contribution in [0.3, 0.4) is 0 Å². The van der Waals surface area contributed by atoms with Gasteiger partial charge in [0, 0.05) is 25.9 Å². The highest BCUT2D eigenvalue weighted by molar-refractivity contribution is 5.97. The Bertz CT molecular complexity index is 467. The first-order valence-electron chi connectivity index (χ1n) is 7.52. The summed E-state index contributed by atoms with van der Waals surface area (Å²) >= 11 is 0. The van der Waals surface area contributed by atoms with E-state index in [2.05, 4.69) is 15.2 Å². The van der Waals surface area contributed by atoms with Gasteiger partial charge in [0.05, 0.1) is 5.56 Å². The monoisotopic (exact) mass is 292 g/mol. The highest BCUT2D eigenvalue weighted by Crippen LogP contribution is 2.16. The summed E-state index contributed by atoms with van der Waals surface area (Å²) < 4.78 is 0. The predicted molar refractivity (Wildman–Crippen MR) is 82.1 cm³/mol. The third kappa shape index (κ3) is 4.68. The van der Waals surface area contributed by atoms with Crippen molar-refractivity contribution in [3.05, 3.63) is 23.9 Å². The molecule has 2 heterocycles. The maximum Gasteiger partial charge on any atom is 0.252 e. The first-order chi connectivity index (χ1) is 10.2. The molecule has 4 N–H and O–H groups in total. The SMILES string of the molecule is NC(=O)c1cccnc1NCCCN1CCC[C@H](CO)C1. The number of anilines is 1. The quantitative estimate of drug-likeness (QED) is 0.643. The van der Waals surface area contributed by atoms with Crippen molar-refractivity contribution in [2.45, 2.75) is 19.3 Å². The molecule has 21 heavy (non-hydrogen) atoms. The molecule has 6 nitrogen and oxygen atoms in total. The molecule has 0 radical (unpaired) electrons. The van der Waals surface area contributed by atoms with E-state index in [1.807, 2.05) is 0 Å². The third-order valence-corrected chi connectivity index (χ3v) is 3.88. The van der Waals surface area contributed by atoms with E-state index >= 15 is 0 Å². The van der Waals surface area contributed by atoms with Crippen molar-refractivity contribution < 1.29 is 9.90 Å². The molecule has 1 saturated heterocycles. The van der Waals surface area contributed by atoms with Gasteiger partial charge in [-0.2, -0.15) is 0 Å². The van der Waals surface area contributed by atoms with Gasteiger partial charge in [0.1, 0.15) is 5.82 Å². The Morgan fingerprint density at radius 2 is 2.43 bits per heavy atom. The van der Waals surface area contributed by atoms with Gasteiger partial charge in [-0.3, -0.25) is 4.79 Å². The Morgan fingerprint density at radius 3 is 3.19 bits per heavy atom. The van der Waals surface area contributed by atoms with Crippen LogP contribution in [-0.4, -0.2) is 53.7 Å². The van der Waals surface area contributed by atoms with Gasteiger partial charge in [0.15, 0.2) is 0 Å². The summed E-state index contributed by atoms with van der Waals surface area (Å²) in [5.74, 6) is 0.508. The summed E-state index contributed by atoms with van der Waals surface area (Å²) in [6.45, 7) is 4.10. The maximum atomic E-state index is 11.3. The van der Waals surface area contributed by atoms with E-state index < -0.39 is 5.91 Å². The van der Waals surface area contributed by atoms with Crippen LogP contribution in [0.25, 0.3) is 0 Å². The molecule has 0 saturated carbocycles. The third-order valence-electron chi connectivity index (χ3n) is 3.88. The minimum atomic E-state index is -0.465. The van der Waals surface area contributed by atoms with E-state index in [-0.39, 0.29) is 6.61 Å². The second kappa shape index (κ2) is 7.95. The highest BCUT2D eigenvalue weighted by atomic mass is 16.3. The Hall–Kier alpha value is -1.66. The molecule has 116 valence electrons. The van der Waals surface area contributed by atoms with Gasteiger partial charge in [0.25, 0.3) is 5.91 Å². The van der Waals surface area contributed by atoms with Crippen LogP contribution < -0.4 is 11.1 Å². The minimum absolute atomic E-state index is 0.282. The van der Waals surface area contributed by atoms with E-state index in [0.717, 1.165) is 45.4 Å². The van der Waals surface area contributed by atoms with Gasteiger partial charge in [-0.05, 0) is 50.4 Å². The number of carbonyl (C=O) groups excluding carboxylic acids is 1. The lowest BCUT2D eigenvalue weighted by Crippen LogP contribution is -2.37. The summed E-state index contributed by atoms with van der Waals surface area (Å²) in [6, 6.07) is 3.38. The lowest BCUT2D eigenvalue weighted by molar-refractivity contribution is 0.100. The van der Waals surface area contributed by atoms with Gasteiger partial charge < -0.3 is 21.1 Å². The molecule has 1 atom stereocenters. The number of hydrogen-bond acceptors (Lipinski definition) is 5. The average Bonchev–Trinajstić information content (AvgIpc) is 2.52. The number of likely N-dealkylation sites (tertiary alicyclic amines) is 1. The smallest absolute Gasteiger partial charge is 0.252 e. The molecule has 6 heteroatoms. The van der Waals surface area contributed by atoms with Crippen LogP contribution in [0.4, 0.5) is 5.82 Å². The summed E-state index contributed by atoms with van der Waals surface area (Å²) in [6.07, 6.45) is 4.89. The fourth-order valence-electron chi connectivity index (χ4n) is 2.76. The van der Waals surface area contributed by atoms with Crippen LogP contribution in [0.1, 0.15) is 29.6 Å². The molecular weight excluding hydrogens is 268 g/mol. The second-order valence-electron chi connectivity index (χ2n) is 5.54. The molecule has 0 aliphatic carbocycles. The molecular formula is C15H24N4O2. The number of aromatic nitrogens is 1. The van der Waals surface area contributed by atoms with Crippen LogP contribution in [0.2, 0.25) is 0 Å². The van der Waals surface area contributed by atoms with Gasteiger partial charge in [0.2, 0.25) is 0 Å². The molecule has 0 bridgehead atoms. The first kappa shape index (κ1) is 15.7. The number of nitrogens with one attached hydrogen (secondary N) is 1. The van der Waals surface area contributed by atoms with Crippen LogP contribution in [0, 0.1) is 5.92 Å². The molecule has 0 spiro atoms. The number of aliphatic hydroxyl groups is 1. The fourth-order valence-corrected chi connectivity index (χ4v) is 2.76. The highest BCUT2D eigenvalue weighted by Gasteiger charge is 2.18. The Morgan fingerprint density at radius 1 is 1.57 bits per heavy atom. The number of amides is 1. The standard InChI is InChI=1S/C15H24N4O2/c16-14(21)13-5-1-6-17-15(13)18-7-3-9-19-8-2-4-12(10-19)11-20/h1,5-6,12,20H,2-4,7-11H2,(H2,16,21)(H,17,18)/t12-/m0/s1. The Balaban J connectivity index is 1.74. The lowest BCUT2D eigenvalue weighted by Gasteiger charge is -2.31. The van der Waals surface area contributed by atoms with Crippen molar-refractivity contribution in [1.82, 2.24) is 9.88 Å². The Kier molecular flexibility index (Phi) is 5.95. The van der Waals surface area contributed by atoms with Gasteiger partial charge in [-0.15, -0.1) is 0 Å². The maximum absolute atomic E-state index is 11.3. The largest absolute Gasteiger partial charge is 0.396 e. The molecule has 1 aliphatic rings. The predicted octanol–water partition coefficient (Wildman–Crippen LogP) is 0.687. The van der Waals surface area contributed by atoms with Crippen LogP contribution >= 0.6 is 0 Å². The number of carbonyl (C=O) groups is 1. The van der Waals surface area contributed by atoms with Crippen molar-refractivity contribution in [1.29, 1.82) is 0 Å². The van der Waals surface area contributed by atoms with Crippen molar-refractivity contribution >= 4 is 11.7 Å². The van der Waals surface area contributed by atoms with Crippen LogP contribution in [0.15, 0.2) is 18.3 Å². The normalized spacial score (nSPS) is 19.4. The first-order valence-corrected chi connectivity index (χ1v) is 7.52. The van der Waals surface area contributed by atoms with E-state index in [1.165, 1.54) is 0 Å². The zero-order chi connectivity index (χ0) is 15.1. The molecule has 1 amide bonds. The molecule has 1 aliphatic heterocycles. The molecule has 1 aromatic heterocycles. The van der Waals surface area contributed by atoms with E-state index in [1.54, 1.807) is 18.3 Å². The number of hydrogen-bond donors (Lipinski definition) is 3. The number of nitrogens with two attached hydrogens (primary N) is 1. The fraction of sp³-hybridized carbons (Fsp3) is 0.600. The van der Waals surface area contributed by atoms with E-state index in [4.69, 9.17) is 5.73 Å². The van der Waals surface area contributed by atoms with Crippen molar-refractivity contribution in [3.8, 4) is 0 Å². The number of piperidine rings is 1. The molecule has 1 aromatic rings. The molecule has 1 fully saturated rings. The number of nitrogens with zero attached hydrogens (tertiary/aromatic N) is 2. The molecule has 0 aromatic carbocycles. The van der Waals surface area contributed by atoms with Crippen LogP contribution in [0.5, 0.6) is 0 Å². The number of aliphatic hydroxyl groups excluding tert-OH is 1. The molecule has 0 unspecified atom stereocenters. The summed E-state index contributed by atoms with van der Waals surface area (Å²) in [7, 11) is 0. The Labute approximate surface area is 125 Å². The van der Waals surface area contributed by atoms with Crippen molar-refractivity contribution in [2.24, 2.45) is 11.7 Å². The van der Waals surface area contributed by atoms with Gasteiger partial charge in [-0.25, -0.2) is 4.98 Å². The van der Waals surface area contributed by atoms with Gasteiger partial charge >= 0.3 is 0 Å². The van der Waals surface area contributed by atoms with Gasteiger partial charge in [-0.1, -0.05) is 0 Å². The zero-order valence-corrected chi connectivity index (χ0v) is 12.3. The molecule has 2 rings (SSSR count). The second-order valence-corrected chi connectivity index (χ2v) is 5.54. The number of rotatable bonds is 7. The van der Waals surface area contributed by atoms with E-state index in [0.29, 0.717) is 17.3 Å². The summed E-state index contributed by atoms with van der Waals surface area (Å²) in [5, 5.41) is 12.4. The lowest BCUT2D eigenvalue weighted by atomic mass is 9.99.